The van der Waals surface area contributed by atoms with Crippen LogP contribution in [0.4, 0.5) is 5.69 Å². The molecule has 0 aliphatic heterocycles. The third-order valence-corrected chi connectivity index (χ3v) is 3.57. The van der Waals surface area contributed by atoms with Crippen LogP contribution in [0.25, 0.3) is 0 Å². The summed E-state index contributed by atoms with van der Waals surface area (Å²) in [5, 5.41) is -0.0503. The van der Waals surface area contributed by atoms with Crippen molar-refractivity contribution in [2.24, 2.45) is 5.73 Å². The van der Waals surface area contributed by atoms with Gasteiger partial charge in [-0.2, -0.15) is 0 Å². The van der Waals surface area contributed by atoms with Gasteiger partial charge in [0.1, 0.15) is 11.5 Å². The Kier molecular flexibility index (Phi) is 5.01. The number of hydrogen-bond acceptors (Lipinski definition) is 4. The van der Waals surface area contributed by atoms with E-state index in [4.69, 9.17) is 22.7 Å². The Hall–Kier alpha value is -3.25. The lowest BCUT2D eigenvalue weighted by atomic mass is 10.2. The highest BCUT2D eigenvalue weighted by molar-refractivity contribution is 7.80. The summed E-state index contributed by atoms with van der Waals surface area (Å²) >= 11 is 5.07. The van der Waals surface area contributed by atoms with Gasteiger partial charge in [0.2, 0.25) is 0 Å². The number of carbonyl (C=O) groups is 1. The average Bonchev–Trinajstić information content (AvgIpc) is 2.63. The van der Waals surface area contributed by atoms with Crippen LogP contribution in [0.2, 0.25) is 0 Å². The molecular formula is C19H15N3O2S. The Balaban J connectivity index is 1.91. The van der Waals surface area contributed by atoms with Gasteiger partial charge in [-0.05, 0) is 48.6 Å². The second kappa shape index (κ2) is 7.55. The molecule has 1 heterocycles. The average molecular weight is 349 g/mol. The minimum absolute atomic E-state index is 0.0503. The van der Waals surface area contributed by atoms with Crippen LogP contribution in [-0.4, -0.2) is 16.0 Å². The van der Waals surface area contributed by atoms with Crippen LogP contribution < -0.4 is 15.4 Å². The third-order valence-electron chi connectivity index (χ3n) is 3.39. The number of thiocarbonyl (C=S) groups is 1. The highest BCUT2D eigenvalue weighted by Gasteiger charge is 2.21. The molecule has 1 aromatic heterocycles. The number of rotatable bonds is 4. The number of hydrogen-bond donors (Lipinski definition) is 1. The predicted octanol–water partition coefficient (Wildman–Crippen LogP) is 3.76. The van der Waals surface area contributed by atoms with E-state index in [0.29, 0.717) is 22.7 Å². The predicted molar refractivity (Wildman–Crippen MR) is 101 cm³/mol. The minimum Gasteiger partial charge on any atom is -0.457 e. The normalized spacial score (nSPS) is 10.1. The van der Waals surface area contributed by atoms with Gasteiger partial charge in [-0.15, -0.1) is 0 Å². The topological polar surface area (TPSA) is 68.5 Å². The lowest BCUT2D eigenvalue weighted by molar-refractivity contribution is 0.100. The molecule has 0 bridgehead atoms. The van der Waals surface area contributed by atoms with Crippen LogP contribution in [0.5, 0.6) is 11.5 Å². The van der Waals surface area contributed by atoms with Crippen molar-refractivity contribution in [3.05, 3.63) is 84.7 Å². The van der Waals surface area contributed by atoms with Gasteiger partial charge in [-0.1, -0.05) is 24.3 Å². The SMILES string of the molecule is NC(=S)N(C(=O)c1cccnc1)c1cccc(Oc2ccccc2)c1. The van der Waals surface area contributed by atoms with E-state index in [1.807, 2.05) is 30.3 Å². The molecule has 124 valence electrons. The standard InChI is InChI=1S/C19H15N3O2S/c20-19(25)22(18(23)14-6-5-11-21-13-14)15-7-4-10-17(12-15)24-16-8-2-1-3-9-16/h1-13H,(H2,20,25). The Morgan fingerprint density at radius 2 is 1.76 bits per heavy atom. The molecule has 0 saturated carbocycles. The zero-order valence-electron chi connectivity index (χ0n) is 13.2. The Labute approximate surface area is 150 Å². The summed E-state index contributed by atoms with van der Waals surface area (Å²) < 4.78 is 5.80. The zero-order valence-corrected chi connectivity index (χ0v) is 14.0. The van der Waals surface area contributed by atoms with Gasteiger partial charge in [0, 0.05) is 18.5 Å². The van der Waals surface area contributed by atoms with Crippen molar-refractivity contribution in [1.29, 1.82) is 0 Å². The van der Waals surface area contributed by atoms with Gasteiger partial charge in [0.25, 0.3) is 5.91 Å². The first kappa shape index (κ1) is 16.6. The van der Waals surface area contributed by atoms with Crippen LogP contribution in [0.3, 0.4) is 0 Å². The Morgan fingerprint density at radius 1 is 1.00 bits per heavy atom. The molecule has 2 aromatic carbocycles. The summed E-state index contributed by atoms with van der Waals surface area (Å²) in [5.41, 5.74) is 6.70. The second-order valence-electron chi connectivity index (χ2n) is 5.13. The lowest BCUT2D eigenvalue weighted by Gasteiger charge is -2.21. The monoisotopic (exact) mass is 349 g/mol. The maximum Gasteiger partial charge on any atom is 0.266 e. The van der Waals surface area contributed by atoms with Gasteiger partial charge in [0.15, 0.2) is 5.11 Å². The number of benzene rings is 2. The molecule has 0 aliphatic carbocycles. The number of ether oxygens (including phenoxy) is 1. The Bertz CT molecular complexity index is 885. The van der Waals surface area contributed by atoms with Crippen molar-refractivity contribution in [1.82, 2.24) is 4.98 Å². The minimum atomic E-state index is -0.350. The molecule has 0 atom stereocenters. The van der Waals surface area contributed by atoms with Crippen molar-refractivity contribution < 1.29 is 9.53 Å². The second-order valence-corrected chi connectivity index (χ2v) is 5.55. The number of para-hydroxylation sites is 1. The fourth-order valence-electron chi connectivity index (χ4n) is 2.27. The number of anilines is 1. The molecule has 0 unspecified atom stereocenters. The number of amides is 1. The number of nitrogens with two attached hydrogens (primary N) is 1. The van der Waals surface area contributed by atoms with Crippen LogP contribution >= 0.6 is 12.2 Å². The number of pyridine rings is 1. The molecule has 2 N–H and O–H groups in total. The van der Waals surface area contributed by atoms with E-state index in [1.54, 1.807) is 42.6 Å². The van der Waals surface area contributed by atoms with E-state index in [0.717, 1.165) is 0 Å². The molecular weight excluding hydrogens is 334 g/mol. The van der Waals surface area contributed by atoms with Gasteiger partial charge in [-0.3, -0.25) is 14.7 Å². The van der Waals surface area contributed by atoms with Crippen LogP contribution in [0, 0.1) is 0 Å². The molecule has 0 spiro atoms. The zero-order chi connectivity index (χ0) is 17.6. The molecule has 6 heteroatoms. The molecule has 0 saturated heterocycles. The number of aromatic nitrogens is 1. The molecule has 25 heavy (non-hydrogen) atoms. The van der Waals surface area contributed by atoms with E-state index in [-0.39, 0.29) is 11.0 Å². The molecule has 5 nitrogen and oxygen atoms in total. The maximum atomic E-state index is 12.7. The molecule has 0 aliphatic rings. The molecule has 3 rings (SSSR count). The molecule has 0 fully saturated rings. The largest absolute Gasteiger partial charge is 0.457 e. The first-order valence-corrected chi connectivity index (χ1v) is 7.93. The summed E-state index contributed by atoms with van der Waals surface area (Å²) in [6.45, 7) is 0. The fraction of sp³-hybridized carbons (Fsp3) is 0. The van der Waals surface area contributed by atoms with E-state index in [2.05, 4.69) is 4.98 Å². The highest BCUT2D eigenvalue weighted by Crippen LogP contribution is 2.26. The quantitative estimate of drug-likeness (QED) is 0.726. The van der Waals surface area contributed by atoms with Gasteiger partial charge < -0.3 is 10.5 Å². The summed E-state index contributed by atoms with van der Waals surface area (Å²) in [5.74, 6) is 0.918. The van der Waals surface area contributed by atoms with Gasteiger partial charge in [-0.25, -0.2) is 0 Å². The van der Waals surface area contributed by atoms with E-state index >= 15 is 0 Å². The van der Waals surface area contributed by atoms with Crippen LogP contribution in [0.1, 0.15) is 10.4 Å². The summed E-state index contributed by atoms with van der Waals surface area (Å²) in [7, 11) is 0. The van der Waals surface area contributed by atoms with Crippen molar-refractivity contribution >= 4 is 28.9 Å². The molecule has 3 aromatic rings. The summed E-state index contributed by atoms with van der Waals surface area (Å²) in [6, 6.07) is 19.7. The maximum absolute atomic E-state index is 12.7. The lowest BCUT2D eigenvalue weighted by Crippen LogP contribution is -2.40. The Morgan fingerprint density at radius 3 is 2.44 bits per heavy atom. The van der Waals surface area contributed by atoms with Gasteiger partial charge in [0.05, 0.1) is 11.3 Å². The smallest absolute Gasteiger partial charge is 0.266 e. The highest BCUT2D eigenvalue weighted by atomic mass is 32.1. The van der Waals surface area contributed by atoms with Gasteiger partial charge >= 0.3 is 0 Å². The number of nitrogens with zero attached hydrogens (tertiary/aromatic N) is 2. The first-order chi connectivity index (χ1) is 12.1. The van der Waals surface area contributed by atoms with Crippen molar-refractivity contribution in [2.45, 2.75) is 0 Å². The third kappa shape index (κ3) is 3.99. The summed E-state index contributed by atoms with van der Waals surface area (Å²) in [6.07, 6.45) is 3.06. The first-order valence-electron chi connectivity index (χ1n) is 7.52. The molecule has 1 amide bonds. The van der Waals surface area contributed by atoms with E-state index in [9.17, 15) is 4.79 Å². The van der Waals surface area contributed by atoms with Crippen molar-refractivity contribution in [2.75, 3.05) is 4.90 Å². The van der Waals surface area contributed by atoms with E-state index < -0.39 is 0 Å². The number of carbonyl (C=O) groups excluding carboxylic acids is 1. The van der Waals surface area contributed by atoms with E-state index in [1.165, 1.54) is 11.1 Å². The fourth-order valence-corrected chi connectivity index (χ4v) is 2.46. The van der Waals surface area contributed by atoms with Crippen molar-refractivity contribution in [3.63, 3.8) is 0 Å². The molecule has 0 radical (unpaired) electrons. The van der Waals surface area contributed by atoms with Crippen LogP contribution in [-0.2, 0) is 0 Å². The van der Waals surface area contributed by atoms with Crippen molar-refractivity contribution in [3.8, 4) is 11.5 Å². The van der Waals surface area contributed by atoms with Crippen LogP contribution in [0.15, 0.2) is 79.1 Å². The summed E-state index contributed by atoms with van der Waals surface area (Å²) in [4.78, 5) is 17.9.